The minimum Gasteiger partial charge on any atom is -0.386 e. The van der Waals surface area contributed by atoms with Crippen molar-refractivity contribution in [2.24, 2.45) is 11.8 Å². The van der Waals surface area contributed by atoms with Gasteiger partial charge in [0.2, 0.25) is 0 Å². The molecule has 0 saturated heterocycles. The molecule has 0 unspecified atom stereocenters. The van der Waals surface area contributed by atoms with Gasteiger partial charge >= 0.3 is 0 Å². The summed E-state index contributed by atoms with van der Waals surface area (Å²) in [6.07, 6.45) is 4.12. The van der Waals surface area contributed by atoms with Crippen LogP contribution < -0.4 is 0 Å². The van der Waals surface area contributed by atoms with Gasteiger partial charge in [0, 0.05) is 0 Å². The van der Waals surface area contributed by atoms with Crippen LogP contribution in [-0.2, 0) is 0 Å². The number of hydrogen-bond acceptors (Lipinski definition) is 1. The van der Waals surface area contributed by atoms with Gasteiger partial charge in [-0.25, -0.2) is 0 Å². The van der Waals surface area contributed by atoms with Crippen molar-refractivity contribution in [2.75, 3.05) is 0 Å². The van der Waals surface area contributed by atoms with Gasteiger partial charge in [-0.3, -0.25) is 0 Å². The maximum atomic E-state index is 10.1. The standard InChI is InChI=1S/C12H22O/c1-9(2)11-5-7-12(13,8-6-11)10(3)4/h9,11,13H,3,5-8H2,1-2,4H3. The first-order valence-electron chi connectivity index (χ1n) is 5.34. The Hall–Kier alpha value is -0.300. The predicted molar refractivity (Wildman–Crippen MR) is 56.6 cm³/mol. The molecule has 76 valence electrons. The monoisotopic (exact) mass is 182 g/mol. The van der Waals surface area contributed by atoms with Gasteiger partial charge in [-0.2, -0.15) is 0 Å². The second-order valence-corrected chi connectivity index (χ2v) is 4.89. The smallest absolute Gasteiger partial charge is 0.0851 e. The molecule has 1 aliphatic rings. The summed E-state index contributed by atoms with van der Waals surface area (Å²) in [5, 5.41) is 10.1. The topological polar surface area (TPSA) is 20.2 Å². The fourth-order valence-electron chi connectivity index (χ4n) is 2.21. The van der Waals surface area contributed by atoms with E-state index < -0.39 is 5.60 Å². The van der Waals surface area contributed by atoms with Crippen LogP contribution in [0.3, 0.4) is 0 Å². The van der Waals surface area contributed by atoms with E-state index in [-0.39, 0.29) is 0 Å². The van der Waals surface area contributed by atoms with E-state index in [0.717, 1.165) is 43.1 Å². The average molecular weight is 182 g/mol. The maximum Gasteiger partial charge on any atom is 0.0851 e. The molecular weight excluding hydrogens is 160 g/mol. The third-order valence-corrected chi connectivity index (χ3v) is 3.59. The molecule has 0 aromatic rings. The first kappa shape index (κ1) is 10.8. The van der Waals surface area contributed by atoms with E-state index in [1.165, 1.54) is 0 Å². The van der Waals surface area contributed by atoms with Gasteiger partial charge in [0.1, 0.15) is 0 Å². The van der Waals surface area contributed by atoms with Crippen LogP contribution in [0.15, 0.2) is 12.2 Å². The molecule has 1 fully saturated rings. The third-order valence-electron chi connectivity index (χ3n) is 3.59. The summed E-state index contributed by atoms with van der Waals surface area (Å²) in [4.78, 5) is 0. The first-order chi connectivity index (χ1) is 5.96. The lowest BCUT2D eigenvalue weighted by Gasteiger charge is -2.38. The van der Waals surface area contributed by atoms with E-state index in [1.807, 2.05) is 6.92 Å². The van der Waals surface area contributed by atoms with Crippen LogP contribution in [0.4, 0.5) is 0 Å². The van der Waals surface area contributed by atoms with E-state index >= 15 is 0 Å². The Bertz CT molecular complexity index is 185. The molecule has 1 N–H and O–H groups in total. The summed E-state index contributed by atoms with van der Waals surface area (Å²) >= 11 is 0. The van der Waals surface area contributed by atoms with Crippen LogP contribution in [0.1, 0.15) is 46.5 Å². The van der Waals surface area contributed by atoms with Crippen LogP contribution >= 0.6 is 0 Å². The molecule has 0 aromatic carbocycles. The summed E-state index contributed by atoms with van der Waals surface area (Å²) in [5.41, 5.74) is 0.389. The van der Waals surface area contributed by atoms with Gasteiger partial charge in [-0.05, 0) is 50.0 Å². The predicted octanol–water partition coefficient (Wildman–Crippen LogP) is 3.14. The largest absolute Gasteiger partial charge is 0.386 e. The third kappa shape index (κ3) is 2.34. The molecule has 0 atom stereocenters. The van der Waals surface area contributed by atoms with Crippen LogP contribution in [0, 0.1) is 11.8 Å². The molecule has 13 heavy (non-hydrogen) atoms. The van der Waals surface area contributed by atoms with Crippen molar-refractivity contribution in [3.8, 4) is 0 Å². The van der Waals surface area contributed by atoms with Gasteiger partial charge in [-0.15, -0.1) is 0 Å². The van der Waals surface area contributed by atoms with Gasteiger partial charge < -0.3 is 5.11 Å². The molecule has 1 saturated carbocycles. The fraction of sp³-hybridized carbons (Fsp3) is 0.833. The van der Waals surface area contributed by atoms with E-state index in [1.54, 1.807) is 0 Å². The molecule has 1 heteroatoms. The van der Waals surface area contributed by atoms with Crippen LogP contribution in [0.2, 0.25) is 0 Å². The lowest BCUT2D eigenvalue weighted by molar-refractivity contribution is 0.0176. The second kappa shape index (κ2) is 3.83. The molecule has 1 rings (SSSR count). The summed E-state index contributed by atoms with van der Waals surface area (Å²) in [6, 6.07) is 0. The number of aliphatic hydroxyl groups is 1. The van der Waals surface area contributed by atoms with Crippen molar-refractivity contribution in [1.29, 1.82) is 0 Å². The molecule has 0 spiro atoms. The summed E-state index contributed by atoms with van der Waals surface area (Å²) < 4.78 is 0. The van der Waals surface area contributed by atoms with Crippen LogP contribution in [0.5, 0.6) is 0 Å². The van der Waals surface area contributed by atoms with Crippen molar-refractivity contribution in [3.63, 3.8) is 0 Å². The van der Waals surface area contributed by atoms with Crippen molar-refractivity contribution < 1.29 is 5.11 Å². The molecular formula is C12H22O. The van der Waals surface area contributed by atoms with E-state index in [4.69, 9.17) is 0 Å². The highest BCUT2D eigenvalue weighted by atomic mass is 16.3. The Morgan fingerprint density at radius 2 is 1.85 bits per heavy atom. The molecule has 0 radical (unpaired) electrons. The Labute approximate surface area is 81.9 Å². The highest BCUT2D eigenvalue weighted by molar-refractivity contribution is 5.10. The zero-order chi connectivity index (χ0) is 10.1. The summed E-state index contributed by atoms with van der Waals surface area (Å²) in [7, 11) is 0. The van der Waals surface area contributed by atoms with Gasteiger partial charge in [0.05, 0.1) is 5.60 Å². The van der Waals surface area contributed by atoms with Crippen LogP contribution in [0.25, 0.3) is 0 Å². The van der Waals surface area contributed by atoms with E-state index in [0.29, 0.717) is 0 Å². The van der Waals surface area contributed by atoms with Crippen molar-refractivity contribution in [2.45, 2.75) is 52.1 Å². The first-order valence-corrected chi connectivity index (χ1v) is 5.34. The Balaban J connectivity index is 2.51. The maximum absolute atomic E-state index is 10.1. The van der Waals surface area contributed by atoms with Crippen molar-refractivity contribution >= 4 is 0 Å². The molecule has 0 bridgehead atoms. The molecule has 1 nitrogen and oxygen atoms in total. The summed E-state index contributed by atoms with van der Waals surface area (Å²) in [6.45, 7) is 10.4. The highest BCUT2D eigenvalue weighted by Gasteiger charge is 2.34. The zero-order valence-corrected chi connectivity index (χ0v) is 9.14. The Kier molecular flexibility index (Phi) is 3.18. The molecule has 0 aromatic heterocycles. The molecule has 0 amide bonds. The van der Waals surface area contributed by atoms with Gasteiger partial charge in [0.15, 0.2) is 0 Å². The Morgan fingerprint density at radius 3 is 2.15 bits per heavy atom. The molecule has 0 heterocycles. The van der Waals surface area contributed by atoms with Gasteiger partial charge in [-0.1, -0.05) is 20.4 Å². The summed E-state index contributed by atoms with van der Waals surface area (Å²) in [5.74, 6) is 1.56. The minimum atomic E-state index is -0.550. The normalized spacial score (nSPS) is 35.0. The van der Waals surface area contributed by atoms with E-state index in [9.17, 15) is 5.11 Å². The molecule has 0 aliphatic heterocycles. The highest BCUT2D eigenvalue weighted by Crippen LogP contribution is 2.38. The van der Waals surface area contributed by atoms with Crippen molar-refractivity contribution in [1.82, 2.24) is 0 Å². The zero-order valence-electron chi connectivity index (χ0n) is 9.14. The quantitative estimate of drug-likeness (QED) is 0.650. The molecule has 1 aliphatic carbocycles. The SMILES string of the molecule is C=C(C)C1(O)CCC(C(C)C)CC1. The fourth-order valence-corrected chi connectivity index (χ4v) is 2.21. The van der Waals surface area contributed by atoms with Crippen LogP contribution in [-0.4, -0.2) is 10.7 Å². The van der Waals surface area contributed by atoms with Gasteiger partial charge in [0.25, 0.3) is 0 Å². The van der Waals surface area contributed by atoms with E-state index in [2.05, 4.69) is 20.4 Å². The van der Waals surface area contributed by atoms with Crippen molar-refractivity contribution in [3.05, 3.63) is 12.2 Å². The lowest BCUT2D eigenvalue weighted by Crippen LogP contribution is -2.35. The second-order valence-electron chi connectivity index (χ2n) is 4.89. The lowest BCUT2D eigenvalue weighted by atomic mass is 9.72. The number of hydrogen-bond donors (Lipinski definition) is 1. The minimum absolute atomic E-state index is 0.550. The Morgan fingerprint density at radius 1 is 1.38 bits per heavy atom. The average Bonchev–Trinajstić information content (AvgIpc) is 2.04. The number of rotatable bonds is 2.